The summed E-state index contributed by atoms with van der Waals surface area (Å²) in [5.74, 6) is 0. The molecule has 0 radical (unpaired) electrons. The first-order valence-electron chi connectivity index (χ1n) is 7.10. The van der Waals surface area contributed by atoms with Gasteiger partial charge in [-0.2, -0.15) is 0 Å². The second-order valence-electron chi connectivity index (χ2n) is 5.38. The summed E-state index contributed by atoms with van der Waals surface area (Å²) in [6.45, 7) is 9.96. The molecule has 1 fully saturated rings. The highest BCUT2D eigenvalue weighted by molar-refractivity contribution is 5.16. The van der Waals surface area contributed by atoms with Crippen LogP contribution in [0, 0.1) is 6.92 Å². The number of aromatic nitrogens is 1. The smallest absolute Gasteiger partial charge is 0.0313 e. The average Bonchev–Trinajstić information content (AvgIpc) is 2.38. The molecule has 0 spiro atoms. The molecule has 1 aromatic heterocycles. The minimum atomic E-state index is 0.644. The van der Waals surface area contributed by atoms with Crippen molar-refractivity contribution in [2.75, 3.05) is 13.1 Å². The second kappa shape index (κ2) is 6.30. The predicted molar refractivity (Wildman–Crippen MR) is 75.5 cm³/mol. The zero-order chi connectivity index (χ0) is 13.0. The quantitative estimate of drug-likeness (QED) is 0.885. The van der Waals surface area contributed by atoms with Crippen molar-refractivity contribution in [3.05, 3.63) is 29.6 Å². The minimum Gasteiger partial charge on any atom is -0.311 e. The van der Waals surface area contributed by atoms with E-state index in [1.165, 1.54) is 24.0 Å². The van der Waals surface area contributed by atoms with Gasteiger partial charge < -0.3 is 5.32 Å². The summed E-state index contributed by atoms with van der Waals surface area (Å²) in [5.41, 5.74) is 2.59. The lowest BCUT2D eigenvalue weighted by Crippen LogP contribution is -2.55. The lowest BCUT2D eigenvalue weighted by molar-refractivity contribution is 0.117. The first kappa shape index (κ1) is 13.5. The van der Waals surface area contributed by atoms with Crippen molar-refractivity contribution in [1.82, 2.24) is 15.2 Å². The van der Waals surface area contributed by atoms with Crippen LogP contribution >= 0.6 is 0 Å². The van der Waals surface area contributed by atoms with E-state index >= 15 is 0 Å². The number of aryl methyl sites for hydroxylation is 1. The van der Waals surface area contributed by atoms with E-state index in [-0.39, 0.29) is 0 Å². The largest absolute Gasteiger partial charge is 0.311 e. The third kappa shape index (κ3) is 3.30. The van der Waals surface area contributed by atoms with Crippen LogP contribution in [0.4, 0.5) is 0 Å². The summed E-state index contributed by atoms with van der Waals surface area (Å²) >= 11 is 0. The Hall–Kier alpha value is -0.930. The van der Waals surface area contributed by atoms with Gasteiger partial charge in [-0.1, -0.05) is 19.9 Å². The molecule has 0 saturated carbocycles. The molecule has 2 atom stereocenters. The Bertz CT molecular complexity index is 378. The second-order valence-corrected chi connectivity index (χ2v) is 5.38. The number of rotatable bonds is 4. The Kier molecular flexibility index (Phi) is 4.72. The highest BCUT2D eigenvalue weighted by atomic mass is 15.2. The van der Waals surface area contributed by atoms with Crippen LogP contribution in [0.3, 0.4) is 0 Å². The predicted octanol–water partition coefficient (Wildman–Crippen LogP) is 2.35. The van der Waals surface area contributed by atoms with Gasteiger partial charge in [0, 0.05) is 44.1 Å². The maximum Gasteiger partial charge on any atom is 0.0313 e. The molecule has 2 unspecified atom stereocenters. The maximum atomic E-state index is 4.30. The van der Waals surface area contributed by atoms with Crippen molar-refractivity contribution < 1.29 is 0 Å². The molecule has 2 rings (SSSR count). The highest BCUT2D eigenvalue weighted by Gasteiger charge is 2.25. The highest BCUT2D eigenvalue weighted by Crippen LogP contribution is 2.16. The van der Waals surface area contributed by atoms with E-state index in [2.05, 4.69) is 42.0 Å². The van der Waals surface area contributed by atoms with Gasteiger partial charge in [0.25, 0.3) is 0 Å². The van der Waals surface area contributed by atoms with Gasteiger partial charge in [0.05, 0.1) is 0 Å². The van der Waals surface area contributed by atoms with Crippen LogP contribution in [0.15, 0.2) is 18.5 Å². The van der Waals surface area contributed by atoms with Crippen LogP contribution in [0.2, 0.25) is 0 Å². The fourth-order valence-corrected chi connectivity index (χ4v) is 2.74. The molecule has 1 N–H and O–H groups in total. The van der Waals surface area contributed by atoms with Gasteiger partial charge in [0.2, 0.25) is 0 Å². The van der Waals surface area contributed by atoms with Gasteiger partial charge in [0.1, 0.15) is 0 Å². The first-order chi connectivity index (χ1) is 8.72. The number of piperazine rings is 1. The fourth-order valence-electron chi connectivity index (χ4n) is 2.74. The van der Waals surface area contributed by atoms with Crippen molar-refractivity contribution in [3.63, 3.8) is 0 Å². The molecule has 3 heteroatoms. The lowest BCUT2D eigenvalue weighted by Gasteiger charge is -2.40. The third-order valence-corrected chi connectivity index (χ3v) is 3.89. The van der Waals surface area contributed by atoms with E-state index in [1.54, 1.807) is 0 Å². The van der Waals surface area contributed by atoms with E-state index in [0.29, 0.717) is 12.1 Å². The molecule has 18 heavy (non-hydrogen) atoms. The van der Waals surface area contributed by atoms with Gasteiger partial charge in [-0.3, -0.25) is 9.88 Å². The van der Waals surface area contributed by atoms with Gasteiger partial charge in [-0.15, -0.1) is 0 Å². The molecule has 0 aliphatic carbocycles. The van der Waals surface area contributed by atoms with E-state index in [9.17, 15) is 0 Å². The van der Waals surface area contributed by atoms with Crippen LogP contribution in [0.5, 0.6) is 0 Å². The summed E-state index contributed by atoms with van der Waals surface area (Å²) in [5, 5.41) is 3.64. The van der Waals surface area contributed by atoms with Crippen LogP contribution in [0.25, 0.3) is 0 Å². The fraction of sp³-hybridized carbons (Fsp3) is 0.667. The number of pyridine rings is 1. The monoisotopic (exact) mass is 247 g/mol. The molecule has 0 bridgehead atoms. The van der Waals surface area contributed by atoms with E-state index < -0.39 is 0 Å². The molecule has 1 saturated heterocycles. The summed E-state index contributed by atoms with van der Waals surface area (Å²) < 4.78 is 0. The Morgan fingerprint density at radius 1 is 1.33 bits per heavy atom. The molecule has 1 aliphatic rings. The molecule has 0 amide bonds. The van der Waals surface area contributed by atoms with Crippen molar-refractivity contribution in [3.8, 4) is 0 Å². The molecular formula is C15H25N3. The van der Waals surface area contributed by atoms with Crippen molar-refractivity contribution in [2.24, 2.45) is 0 Å². The number of hydrogen-bond donors (Lipinski definition) is 1. The lowest BCUT2D eigenvalue weighted by atomic mass is 10.0. The van der Waals surface area contributed by atoms with Gasteiger partial charge >= 0.3 is 0 Å². The van der Waals surface area contributed by atoms with E-state index in [0.717, 1.165) is 19.6 Å². The topological polar surface area (TPSA) is 28.2 Å². The first-order valence-corrected chi connectivity index (χ1v) is 7.10. The van der Waals surface area contributed by atoms with Crippen LogP contribution in [0.1, 0.15) is 37.8 Å². The molecule has 0 aromatic carbocycles. The normalized spacial score (nSPS) is 25.3. The molecule has 3 nitrogen and oxygen atoms in total. The van der Waals surface area contributed by atoms with Crippen LogP contribution < -0.4 is 5.32 Å². The zero-order valence-electron chi connectivity index (χ0n) is 11.8. The van der Waals surface area contributed by atoms with Crippen molar-refractivity contribution >= 4 is 0 Å². The maximum absolute atomic E-state index is 4.30. The van der Waals surface area contributed by atoms with Gasteiger partial charge in [-0.25, -0.2) is 0 Å². The molecule has 2 heterocycles. The molecular weight excluding hydrogens is 222 g/mol. The van der Waals surface area contributed by atoms with Gasteiger partial charge in [0.15, 0.2) is 0 Å². The minimum absolute atomic E-state index is 0.644. The molecule has 100 valence electrons. The van der Waals surface area contributed by atoms with E-state index in [1.807, 2.05) is 12.4 Å². The zero-order valence-corrected chi connectivity index (χ0v) is 11.8. The SMILES string of the molecule is CCC1CN(Cc2cncc(C)c2)C(CC)CN1. The molecule has 1 aromatic rings. The summed E-state index contributed by atoms with van der Waals surface area (Å²) in [7, 11) is 0. The Balaban J connectivity index is 2.04. The van der Waals surface area contributed by atoms with Gasteiger partial charge in [-0.05, 0) is 30.9 Å². The molecule has 1 aliphatic heterocycles. The summed E-state index contributed by atoms with van der Waals surface area (Å²) in [4.78, 5) is 6.91. The number of hydrogen-bond acceptors (Lipinski definition) is 3. The average molecular weight is 247 g/mol. The third-order valence-electron chi connectivity index (χ3n) is 3.89. The summed E-state index contributed by atoms with van der Waals surface area (Å²) in [6, 6.07) is 3.56. The van der Waals surface area contributed by atoms with Crippen molar-refractivity contribution in [2.45, 2.75) is 52.2 Å². The Morgan fingerprint density at radius 2 is 2.17 bits per heavy atom. The van der Waals surface area contributed by atoms with Crippen LogP contribution in [-0.2, 0) is 6.54 Å². The number of nitrogens with one attached hydrogen (secondary N) is 1. The van der Waals surface area contributed by atoms with Crippen LogP contribution in [-0.4, -0.2) is 35.1 Å². The summed E-state index contributed by atoms with van der Waals surface area (Å²) in [6.07, 6.45) is 6.35. The number of nitrogens with zero attached hydrogens (tertiary/aromatic N) is 2. The van der Waals surface area contributed by atoms with E-state index in [4.69, 9.17) is 0 Å². The Morgan fingerprint density at radius 3 is 2.83 bits per heavy atom. The van der Waals surface area contributed by atoms with Crippen molar-refractivity contribution in [1.29, 1.82) is 0 Å². The standard InChI is InChI=1S/C15H25N3/c1-4-14-11-18(15(5-2)9-17-14)10-13-6-12(3)7-16-8-13/h6-8,14-15,17H,4-5,9-11H2,1-3H3. The Labute approximate surface area is 111 Å².